The third-order valence-electron chi connectivity index (χ3n) is 3.58. The summed E-state index contributed by atoms with van der Waals surface area (Å²) in [5, 5.41) is 3.69. The van der Waals surface area contributed by atoms with E-state index < -0.39 is 0 Å². The van der Waals surface area contributed by atoms with Crippen LogP contribution in [0.1, 0.15) is 20.3 Å². The van der Waals surface area contributed by atoms with Gasteiger partial charge in [0.2, 0.25) is 0 Å². The van der Waals surface area contributed by atoms with Gasteiger partial charge in [-0.25, -0.2) is 0 Å². The minimum Gasteiger partial charge on any atom is -0.312 e. The molecule has 0 aromatic heterocycles. The second kappa shape index (κ2) is 5.83. The van der Waals surface area contributed by atoms with Crippen molar-refractivity contribution < 1.29 is 0 Å². The van der Waals surface area contributed by atoms with Crippen molar-refractivity contribution in [2.24, 2.45) is 5.92 Å². The first-order chi connectivity index (χ1) is 7.00. The second-order valence-corrected chi connectivity index (χ2v) is 5.37. The molecular weight excluding hydrogens is 186 g/mol. The number of hydrogen-bond acceptors (Lipinski definition) is 3. The number of likely N-dealkylation sites (tertiary alicyclic amines) is 1. The van der Waals surface area contributed by atoms with Crippen LogP contribution in [0.25, 0.3) is 0 Å². The largest absolute Gasteiger partial charge is 0.312 e. The van der Waals surface area contributed by atoms with E-state index in [9.17, 15) is 0 Å². The van der Waals surface area contributed by atoms with E-state index in [1.807, 2.05) is 0 Å². The predicted octanol–water partition coefficient (Wildman–Crippen LogP) is 0.866. The molecule has 3 atom stereocenters. The first-order valence-electron chi connectivity index (χ1n) is 6.09. The van der Waals surface area contributed by atoms with Crippen LogP contribution in [0, 0.1) is 5.92 Å². The normalized spacial score (nSPS) is 33.6. The molecule has 0 bridgehead atoms. The Bertz CT molecular complexity index is 182. The van der Waals surface area contributed by atoms with E-state index in [0.717, 1.165) is 25.0 Å². The fraction of sp³-hybridized carbons (Fsp3) is 1.00. The van der Waals surface area contributed by atoms with Crippen LogP contribution in [0.5, 0.6) is 0 Å². The van der Waals surface area contributed by atoms with Crippen molar-refractivity contribution in [1.82, 2.24) is 15.1 Å². The quantitative estimate of drug-likeness (QED) is 0.747. The summed E-state index contributed by atoms with van der Waals surface area (Å²) < 4.78 is 0. The van der Waals surface area contributed by atoms with Gasteiger partial charge < -0.3 is 15.1 Å². The van der Waals surface area contributed by atoms with Gasteiger partial charge in [-0.3, -0.25) is 0 Å². The number of nitrogens with one attached hydrogen (secondary N) is 1. The SMILES string of the molecule is C[C@@H]1C[C@H](NCCN(C)C)[C@@H](C)CN1C. The second-order valence-electron chi connectivity index (χ2n) is 5.37. The molecule has 0 saturated carbocycles. The average molecular weight is 213 g/mol. The molecule has 1 aliphatic rings. The molecule has 0 radical (unpaired) electrons. The highest BCUT2D eigenvalue weighted by Crippen LogP contribution is 2.20. The van der Waals surface area contributed by atoms with Gasteiger partial charge in [0.1, 0.15) is 0 Å². The zero-order valence-corrected chi connectivity index (χ0v) is 11.0. The maximum absolute atomic E-state index is 3.69. The molecule has 1 heterocycles. The van der Waals surface area contributed by atoms with Crippen molar-refractivity contribution in [3.05, 3.63) is 0 Å². The number of hydrogen-bond donors (Lipinski definition) is 1. The number of likely N-dealkylation sites (N-methyl/N-ethyl adjacent to an activating group) is 1. The lowest BCUT2D eigenvalue weighted by Gasteiger charge is -2.40. The number of rotatable bonds is 4. The third-order valence-corrected chi connectivity index (χ3v) is 3.58. The van der Waals surface area contributed by atoms with Crippen LogP contribution in [0.3, 0.4) is 0 Å². The summed E-state index contributed by atoms with van der Waals surface area (Å²) >= 11 is 0. The van der Waals surface area contributed by atoms with E-state index in [0.29, 0.717) is 6.04 Å². The van der Waals surface area contributed by atoms with Crippen LogP contribution >= 0.6 is 0 Å². The van der Waals surface area contributed by atoms with Gasteiger partial charge in [-0.05, 0) is 40.4 Å². The molecule has 15 heavy (non-hydrogen) atoms. The van der Waals surface area contributed by atoms with E-state index in [4.69, 9.17) is 0 Å². The van der Waals surface area contributed by atoms with Crippen LogP contribution in [0.15, 0.2) is 0 Å². The van der Waals surface area contributed by atoms with Crippen LogP contribution in [0.4, 0.5) is 0 Å². The van der Waals surface area contributed by atoms with E-state index in [2.05, 4.69) is 50.1 Å². The molecule has 90 valence electrons. The molecule has 1 N–H and O–H groups in total. The van der Waals surface area contributed by atoms with Crippen molar-refractivity contribution in [1.29, 1.82) is 0 Å². The van der Waals surface area contributed by atoms with Crippen molar-refractivity contribution in [2.45, 2.75) is 32.4 Å². The molecule has 0 spiro atoms. The maximum atomic E-state index is 3.69. The van der Waals surface area contributed by atoms with Crippen LogP contribution in [-0.4, -0.2) is 62.7 Å². The lowest BCUT2D eigenvalue weighted by molar-refractivity contribution is 0.121. The predicted molar refractivity (Wildman–Crippen MR) is 66.2 cm³/mol. The highest BCUT2D eigenvalue weighted by molar-refractivity contribution is 4.86. The highest BCUT2D eigenvalue weighted by Gasteiger charge is 2.28. The Labute approximate surface area is 94.8 Å². The minimum absolute atomic E-state index is 0.705. The molecule has 0 aromatic carbocycles. The average Bonchev–Trinajstić information content (AvgIpc) is 2.13. The van der Waals surface area contributed by atoms with Crippen molar-refractivity contribution in [3.63, 3.8) is 0 Å². The Morgan fingerprint density at radius 1 is 1.33 bits per heavy atom. The van der Waals surface area contributed by atoms with Crippen molar-refractivity contribution in [2.75, 3.05) is 40.8 Å². The molecule has 3 nitrogen and oxygen atoms in total. The summed E-state index contributed by atoms with van der Waals surface area (Å²) in [5.41, 5.74) is 0. The first-order valence-corrected chi connectivity index (χ1v) is 6.09. The molecule has 3 heteroatoms. The summed E-state index contributed by atoms with van der Waals surface area (Å²) in [5.74, 6) is 0.772. The first kappa shape index (κ1) is 12.9. The topological polar surface area (TPSA) is 18.5 Å². The van der Waals surface area contributed by atoms with E-state index in [1.54, 1.807) is 0 Å². The van der Waals surface area contributed by atoms with E-state index in [1.165, 1.54) is 13.0 Å². The fourth-order valence-electron chi connectivity index (χ4n) is 2.30. The molecule has 0 aliphatic carbocycles. The third kappa shape index (κ3) is 4.09. The van der Waals surface area contributed by atoms with Gasteiger partial charge in [-0.15, -0.1) is 0 Å². The molecule has 1 aliphatic heterocycles. The molecular formula is C12H27N3. The standard InChI is InChI=1S/C12H27N3/c1-10-9-15(5)11(2)8-12(10)13-6-7-14(3)4/h10-13H,6-9H2,1-5H3/t10-,11+,12-/m0/s1. The summed E-state index contributed by atoms with van der Waals surface area (Å²) in [6.45, 7) is 8.15. The van der Waals surface area contributed by atoms with Gasteiger partial charge in [0, 0.05) is 31.7 Å². The van der Waals surface area contributed by atoms with Gasteiger partial charge in [0.25, 0.3) is 0 Å². The lowest BCUT2D eigenvalue weighted by atomic mass is 9.90. The van der Waals surface area contributed by atoms with Gasteiger partial charge in [-0.2, -0.15) is 0 Å². The fourth-order valence-corrected chi connectivity index (χ4v) is 2.30. The van der Waals surface area contributed by atoms with Crippen molar-refractivity contribution >= 4 is 0 Å². The molecule has 0 unspecified atom stereocenters. The Morgan fingerprint density at radius 3 is 2.60 bits per heavy atom. The summed E-state index contributed by atoms with van der Waals surface area (Å²) in [4.78, 5) is 4.70. The monoisotopic (exact) mass is 213 g/mol. The molecule has 1 fully saturated rings. The Kier molecular flexibility index (Phi) is 5.03. The van der Waals surface area contributed by atoms with E-state index in [-0.39, 0.29) is 0 Å². The maximum Gasteiger partial charge on any atom is 0.0120 e. The Hall–Kier alpha value is -0.120. The van der Waals surface area contributed by atoms with Gasteiger partial charge in [0.05, 0.1) is 0 Å². The number of piperidine rings is 1. The van der Waals surface area contributed by atoms with Crippen LogP contribution in [0.2, 0.25) is 0 Å². The Balaban J connectivity index is 2.28. The zero-order chi connectivity index (χ0) is 11.4. The molecule has 0 aromatic rings. The lowest BCUT2D eigenvalue weighted by Crippen LogP contribution is -2.51. The zero-order valence-electron chi connectivity index (χ0n) is 11.0. The highest BCUT2D eigenvalue weighted by atomic mass is 15.2. The van der Waals surface area contributed by atoms with Crippen LogP contribution in [-0.2, 0) is 0 Å². The summed E-state index contributed by atoms with van der Waals surface area (Å²) in [6.07, 6.45) is 1.28. The van der Waals surface area contributed by atoms with Gasteiger partial charge in [-0.1, -0.05) is 6.92 Å². The minimum atomic E-state index is 0.705. The van der Waals surface area contributed by atoms with Gasteiger partial charge >= 0.3 is 0 Å². The van der Waals surface area contributed by atoms with Crippen molar-refractivity contribution in [3.8, 4) is 0 Å². The molecule has 0 amide bonds. The van der Waals surface area contributed by atoms with E-state index >= 15 is 0 Å². The van der Waals surface area contributed by atoms with Crippen LogP contribution < -0.4 is 5.32 Å². The Morgan fingerprint density at radius 2 is 2.00 bits per heavy atom. The number of nitrogens with zero attached hydrogens (tertiary/aromatic N) is 2. The van der Waals surface area contributed by atoms with Gasteiger partial charge in [0.15, 0.2) is 0 Å². The summed E-state index contributed by atoms with van der Waals surface area (Å²) in [7, 11) is 6.49. The molecule has 1 saturated heterocycles. The summed E-state index contributed by atoms with van der Waals surface area (Å²) in [6, 6.07) is 1.43. The smallest absolute Gasteiger partial charge is 0.0120 e. The molecule has 1 rings (SSSR count).